The van der Waals surface area contributed by atoms with E-state index in [4.69, 9.17) is 4.42 Å². The largest absolute Gasteiger partial charge is 0.467 e. The molecule has 1 atom stereocenters. The van der Waals surface area contributed by atoms with Crippen LogP contribution in [-0.2, 0) is 16.1 Å². The first kappa shape index (κ1) is 18.3. The van der Waals surface area contributed by atoms with Crippen molar-refractivity contribution in [2.24, 2.45) is 0 Å². The molecule has 1 aliphatic rings. The third-order valence-corrected chi connectivity index (χ3v) is 5.39. The number of carbonyl (C=O) groups excluding carboxylic acids is 2. The number of hydrogen-bond acceptors (Lipinski definition) is 5. The average molecular weight is 432 g/mol. The molecule has 0 bridgehead atoms. The standard InChI is InChI=1S/C18H14BrN3O3S/c1-11-17(24)22(13-6-4-12(19)5-7-13)18(26-11)15(9-20)16(23)21-10-14-3-2-8-25-14/h2-8,11H,10H2,1H3,(H,21,23)/b18-15+. The Bertz CT molecular complexity index is 901. The van der Waals surface area contributed by atoms with E-state index in [1.807, 2.05) is 6.07 Å². The summed E-state index contributed by atoms with van der Waals surface area (Å²) in [7, 11) is 0. The van der Waals surface area contributed by atoms with E-state index < -0.39 is 5.91 Å². The van der Waals surface area contributed by atoms with Crippen LogP contribution in [0.3, 0.4) is 0 Å². The summed E-state index contributed by atoms with van der Waals surface area (Å²) in [4.78, 5) is 26.5. The molecule has 0 aliphatic carbocycles. The van der Waals surface area contributed by atoms with Gasteiger partial charge in [-0.25, -0.2) is 0 Å². The second kappa shape index (κ2) is 7.81. The van der Waals surface area contributed by atoms with Gasteiger partial charge in [0.05, 0.1) is 18.1 Å². The summed E-state index contributed by atoms with van der Waals surface area (Å²) in [6.07, 6.45) is 1.51. The highest BCUT2D eigenvalue weighted by atomic mass is 79.9. The van der Waals surface area contributed by atoms with Crippen molar-refractivity contribution in [3.63, 3.8) is 0 Å². The fourth-order valence-electron chi connectivity index (χ4n) is 2.42. The van der Waals surface area contributed by atoms with Crippen LogP contribution < -0.4 is 10.2 Å². The lowest BCUT2D eigenvalue weighted by Gasteiger charge is -2.18. The summed E-state index contributed by atoms with van der Waals surface area (Å²) in [6, 6.07) is 12.5. The predicted octanol–water partition coefficient (Wildman–Crippen LogP) is 3.56. The van der Waals surface area contributed by atoms with Crippen LogP contribution in [0.1, 0.15) is 12.7 Å². The van der Waals surface area contributed by atoms with Crippen LogP contribution >= 0.6 is 27.7 Å². The van der Waals surface area contributed by atoms with E-state index in [2.05, 4.69) is 21.2 Å². The molecule has 0 spiro atoms. The van der Waals surface area contributed by atoms with Gasteiger partial charge in [0.2, 0.25) is 5.91 Å². The van der Waals surface area contributed by atoms with Crippen molar-refractivity contribution >= 4 is 45.2 Å². The zero-order valence-electron chi connectivity index (χ0n) is 13.7. The van der Waals surface area contributed by atoms with Gasteiger partial charge < -0.3 is 9.73 Å². The number of nitrogens with one attached hydrogen (secondary N) is 1. The van der Waals surface area contributed by atoms with Crippen molar-refractivity contribution in [1.29, 1.82) is 5.26 Å². The van der Waals surface area contributed by atoms with Crippen LogP contribution in [-0.4, -0.2) is 17.1 Å². The first-order chi connectivity index (χ1) is 12.5. The van der Waals surface area contributed by atoms with Crippen molar-refractivity contribution in [2.75, 3.05) is 4.90 Å². The zero-order valence-corrected chi connectivity index (χ0v) is 16.1. The smallest absolute Gasteiger partial charge is 0.265 e. The predicted molar refractivity (Wildman–Crippen MR) is 102 cm³/mol. The molecule has 1 aliphatic heterocycles. The summed E-state index contributed by atoms with van der Waals surface area (Å²) in [6.45, 7) is 1.92. The van der Waals surface area contributed by atoms with Crippen LogP contribution in [0.5, 0.6) is 0 Å². The number of nitriles is 1. The third kappa shape index (κ3) is 3.69. The van der Waals surface area contributed by atoms with Gasteiger partial charge in [0.25, 0.3) is 5.91 Å². The number of furan rings is 1. The number of thioether (sulfide) groups is 1. The number of anilines is 1. The van der Waals surface area contributed by atoms with Crippen LogP contribution in [0.2, 0.25) is 0 Å². The number of hydrogen-bond donors (Lipinski definition) is 1. The lowest BCUT2D eigenvalue weighted by Crippen LogP contribution is -2.30. The first-order valence-electron chi connectivity index (χ1n) is 7.72. The molecule has 26 heavy (non-hydrogen) atoms. The van der Waals surface area contributed by atoms with Crippen molar-refractivity contribution < 1.29 is 14.0 Å². The van der Waals surface area contributed by atoms with Gasteiger partial charge in [-0.3, -0.25) is 14.5 Å². The van der Waals surface area contributed by atoms with E-state index in [0.717, 1.165) is 4.47 Å². The number of amides is 2. The third-order valence-electron chi connectivity index (χ3n) is 3.70. The molecule has 0 saturated carbocycles. The molecule has 1 unspecified atom stereocenters. The molecule has 8 heteroatoms. The Labute approximate surface area is 163 Å². The highest BCUT2D eigenvalue weighted by Crippen LogP contribution is 2.40. The molecular weight excluding hydrogens is 418 g/mol. The topological polar surface area (TPSA) is 86.3 Å². The second-order valence-corrected chi connectivity index (χ2v) is 7.71. The minimum Gasteiger partial charge on any atom is -0.467 e. The molecule has 3 rings (SSSR count). The van der Waals surface area contributed by atoms with Crippen LogP contribution in [0.15, 0.2) is 62.2 Å². The van der Waals surface area contributed by atoms with E-state index in [1.54, 1.807) is 43.3 Å². The quantitative estimate of drug-likeness (QED) is 0.590. The molecule has 1 aromatic heterocycles. The Morgan fingerprint density at radius 1 is 1.38 bits per heavy atom. The minimum atomic E-state index is -0.546. The zero-order chi connectivity index (χ0) is 18.7. The maximum absolute atomic E-state index is 12.6. The fourth-order valence-corrected chi connectivity index (χ4v) is 3.78. The summed E-state index contributed by atoms with van der Waals surface area (Å²) >= 11 is 4.56. The lowest BCUT2D eigenvalue weighted by molar-refractivity contribution is -0.117. The molecule has 1 N–H and O–H groups in total. The van der Waals surface area contributed by atoms with E-state index in [-0.39, 0.29) is 23.3 Å². The monoisotopic (exact) mass is 431 g/mol. The Balaban J connectivity index is 1.92. The summed E-state index contributed by atoms with van der Waals surface area (Å²) in [5.41, 5.74) is 0.513. The van der Waals surface area contributed by atoms with Gasteiger partial charge in [-0.15, -0.1) is 0 Å². The molecule has 1 saturated heterocycles. The number of benzene rings is 1. The van der Waals surface area contributed by atoms with Crippen molar-refractivity contribution in [3.8, 4) is 6.07 Å². The summed E-state index contributed by atoms with van der Waals surface area (Å²) in [5, 5.41) is 12.2. The maximum Gasteiger partial charge on any atom is 0.265 e. The maximum atomic E-state index is 12.6. The Morgan fingerprint density at radius 3 is 2.73 bits per heavy atom. The van der Waals surface area contributed by atoms with Crippen molar-refractivity contribution in [3.05, 3.63) is 63.5 Å². The highest BCUT2D eigenvalue weighted by molar-refractivity contribution is 9.10. The van der Waals surface area contributed by atoms with E-state index in [9.17, 15) is 14.9 Å². The first-order valence-corrected chi connectivity index (χ1v) is 9.39. The van der Waals surface area contributed by atoms with Crippen LogP contribution in [0, 0.1) is 11.3 Å². The van der Waals surface area contributed by atoms with Gasteiger partial charge >= 0.3 is 0 Å². The average Bonchev–Trinajstić information content (AvgIpc) is 3.24. The van der Waals surface area contributed by atoms with Crippen molar-refractivity contribution in [2.45, 2.75) is 18.7 Å². The molecule has 0 radical (unpaired) electrons. The molecule has 2 amide bonds. The summed E-state index contributed by atoms with van der Waals surface area (Å²) in [5.74, 6) is -0.136. The molecule has 132 valence electrons. The van der Waals surface area contributed by atoms with Crippen LogP contribution in [0.4, 0.5) is 5.69 Å². The second-order valence-electron chi connectivity index (χ2n) is 5.46. The van der Waals surface area contributed by atoms with Gasteiger partial charge in [0.1, 0.15) is 22.4 Å². The Kier molecular flexibility index (Phi) is 5.49. The van der Waals surface area contributed by atoms with Gasteiger partial charge in [0.15, 0.2) is 0 Å². The number of halogens is 1. The van der Waals surface area contributed by atoms with E-state index in [0.29, 0.717) is 16.5 Å². The highest BCUT2D eigenvalue weighted by Gasteiger charge is 2.38. The Morgan fingerprint density at radius 2 is 2.12 bits per heavy atom. The van der Waals surface area contributed by atoms with Crippen LogP contribution in [0.25, 0.3) is 0 Å². The molecule has 2 heterocycles. The molecular formula is C18H14BrN3O3S. The van der Waals surface area contributed by atoms with E-state index in [1.165, 1.54) is 22.9 Å². The van der Waals surface area contributed by atoms with Gasteiger partial charge in [-0.2, -0.15) is 5.26 Å². The van der Waals surface area contributed by atoms with Gasteiger partial charge in [-0.05, 0) is 43.3 Å². The summed E-state index contributed by atoms with van der Waals surface area (Å²) < 4.78 is 6.04. The minimum absolute atomic E-state index is 0.0952. The number of carbonyl (C=O) groups is 2. The molecule has 6 nitrogen and oxygen atoms in total. The van der Waals surface area contributed by atoms with Crippen molar-refractivity contribution in [1.82, 2.24) is 5.32 Å². The Hall–Kier alpha value is -2.50. The van der Waals surface area contributed by atoms with Gasteiger partial charge in [-0.1, -0.05) is 27.7 Å². The molecule has 1 fully saturated rings. The number of rotatable bonds is 4. The lowest BCUT2D eigenvalue weighted by atomic mass is 10.2. The molecule has 2 aromatic rings. The normalized spacial score (nSPS) is 18.6. The van der Waals surface area contributed by atoms with Gasteiger partial charge in [0, 0.05) is 10.2 Å². The molecule has 1 aromatic carbocycles. The fraction of sp³-hybridized carbons (Fsp3) is 0.167. The van der Waals surface area contributed by atoms with E-state index >= 15 is 0 Å². The number of nitrogens with zero attached hydrogens (tertiary/aromatic N) is 2. The SMILES string of the molecule is CC1S/C(=C(\C#N)C(=O)NCc2ccco2)N(c2ccc(Br)cc2)C1=O.